The fraction of sp³-hybridized carbons (Fsp3) is 0.542. The second-order valence-electron chi connectivity index (χ2n) is 9.19. The minimum atomic E-state index is -1.38. The van der Waals surface area contributed by atoms with Gasteiger partial charge in [-0.2, -0.15) is 0 Å². The molecule has 3 rings (SSSR count). The first kappa shape index (κ1) is 26.9. The molecule has 2 aliphatic heterocycles. The summed E-state index contributed by atoms with van der Waals surface area (Å²) >= 11 is 0. The molecule has 2 heterocycles. The molecule has 1 aromatic carbocycles. The predicted molar refractivity (Wildman–Crippen MR) is 126 cm³/mol. The number of nitrogens with zero attached hydrogens (tertiary/aromatic N) is 2. The molecule has 12 nitrogen and oxygen atoms in total. The Morgan fingerprint density at radius 2 is 1.58 bits per heavy atom. The summed E-state index contributed by atoms with van der Waals surface area (Å²) in [5.41, 5.74) is 6.92. The molecular weight excluding hydrogens is 472 g/mol. The van der Waals surface area contributed by atoms with E-state index in [-0.39, 0.29) is 30.4 Å². The molecule has 0 radical (unpaired) electrons. The minimum Gasteiger partial charge on any atom is -0.508 e. The van der Waals surface area contributed by atoms with Crippen molar-refractivity contribution in [1.29, 1.82) is 0 Å². The summed E-state index contributed by atoms with van der Waals surface area (Å²) in [6.07, 6.45) is 1.45. The molecule has 0 aliphatic carbocycles. The number of carbonyl (C=O) groups is 5. The summed E-state index contributed by atoms with van der Waals surface area (Å²) in [4.78, 5) is 64.5. The van der Waals surface area contributed by atoms with Gasteiger partial charge in [-0.3, -0.25) is 19.2 Å². The summed E-state index contributed by atoms with van der Waals surface area (Å²) in [5.74, 6) is -3.84. The molecule has 12 heteroatoms. The fourth-order valence-corrected chi connectivity index (χ4v) is 4.76. The van der Waals surface area contributed by atoms with Gasteiger partial charge in [-0.1, -0.05) is 12.1 Å². The third-order valence-electron chi connectivity index (χ3n) is 6.63. The van der Waals surface area contributed by atoms with Gasteiger partial charge in [0.1, 0.15) is 23.9 Å². The number of carboxylic acid groups (broad SMARTS) is 2. The standard InChI is InChI=1S/C24H32N4O8/c25-16(13-14-5-7-15(29)8-6-14)22(33)28-12-2-4-19(28)23(34)27-11-1-3-18(27)21(32)26-17(24(35)36)9-10-20(30)31/h5-8,16-19,29H,1-4,9-13,25H2,(H,26,32)(H,30,31)(H,35,36). The average Bonchev–Trinajstić information content (AvgIpc) is 3.52. The first-order valence-corrected chi connectivity index (χ1v) is 12.0. The van der Waals surface area contributed by atoms with Crippen LogP contribution in [0.3, 0.4) is 0 Å². The first-order chi connectivity index (χ1) is 17.1. The molecule has 196 valence electrons. The van der Waals surface area contributed by atoms with Crippen LogP contribution >= 0.6 is 0 Å². The van der Waals surface area contributed by atoms with Crippen LogP contribution in [0.5, 0.6) is 5.75 Å². The summed E-state index contributed by atoms with van der Waals surface area (Å²) < 4.78 is 0. The van der Waals surface area contributed by atoms with Gasteiger partial charge in [0.25, 0.3) is 0 Å². The van der Waals surface area contributed by atoms with Gasteiger partial charge in [-0.15, -0.1) is 0 Å². The van der Waals surface area contributed by atoms with Gasteiger partial charge in [-0.05, 0) is 56.2 Å². The van der Waals surface area contributed by atoms with Crippen molar-refractivity contribution in [3.63, 3.8) is 0 Å². The molecule has 0 saturated carbocycles. The van der Waals surface area contributed by atoms with Crippen molar-refractivity contribution in [3.8, 4) is 5.75 Å². The van der Waals surface area contributed by atoms with Gasteiger partial charge in [0, 0.05) is 19.5 Å². The molecule has 0 spiro atoms. The van der Waals surface area contributed by atoms with Crippen molar-refractivity contribution in [2.45, 2.75) is 69.1 Å². The molecule has 1 aromatic rings. The Balaban J connectivity index is 1.65. The number of phenolic OH excluding ortho intramolecular Hbond substituents is 1. The van der Waals surface area contributed by atoms with E-state index in [1.807, 2.05) is 0 Å². The Labute approximate surface area is 208 Å². The number of hydrogen-bond donors (Lipinski definition) is 5. The van der Waals surface area contributed by atoms with Crippen LogP contribution in [0.15, 0.2) is 24.3 Å². The smallest absolute Gasteiger partial charge is 0.326 e. The topological polar surface area (TPSA) is 191 Å². The molecule has 2 fully saturated rings. The van der Waals surface area contributed by atoms with Crippen molar-refractivity contribution in [2.75, 3.05) is 13.1 Å². The van der Waals surface area contributed by atoms with E-state index in [9.17, 15) is 34.2 Å². The fourth-order valence-electron chi connectivity index (χ4n) is 4.76. The quantitative estimate of drug-likeness (QED) is 0.284. The summed E-state index contributed by atoms with van der Waals surface area (Å²) in [7, 11) is 0. The maximum Gasteiger partial charge on any atom is 0.326 e. The van der Waals surface area contributed by atoms with E-state index in [1.165, 1.54) is 21.9 Å². The highest BCUT2D eigenvalue weighted by atomic mass is 16.4. The molecule has 0 bridgehead atoms. The Kier molecular flexibility index (Phi) is 8.86. The SMILES string of the molecule is NC(Cc1ccc(O)cc1)C(=O)N1CCCC1C(=O)N1CCCC1C(=O)NC(CCC(=O)O)C(=O)O. The maximum atomic E-state index is 13.4. The van der Waals surface area contributed by atoms with Gasteiger partial charge in [-0.25, -0.2) is 4.79 Å². The number of nitrogens with one attached hydrogen (secondary N) is 1. The molecular formula is C24H32N4O8. The third kappa shape index (κ3) is 6.51. The van der Waals surface area contributed by atoms with Crippen LogP contribution in [0.4, 0.5) is 0 Å². The zero-order valence-corrected chi connectivity index (χ0v) is 19.8. The van der Waals surface area contributed by atoms with Gasteiger partial charge in [0.05, 0.1) is 6.04 Å². The van der Waals surface area contributed by atoms with E-state index in [4.69, 9.17) is 10.8 Å². The van der Waals surface area contributed by atoms with E-state index in [1.54, 1.807) is 12.1 Å². The zero-order chi connectivity index (χ0) is 26.4. The lowest BCUT2D eigenvalue weighted by molar-refractivity contribution is -0.148. The summed E-state index contributed by atoms with van der Waals surface area (Å²) in [6, 6.07) is 2.42. The lowest BCUT2D eigenvalue weighted by atomic mass is 10.0. The highest BCUT2D eigenvalue weighted by molar-refractivity contribution is 5.95. The first-order valence-electron chi connectivity index (χ1n) is 12.0. The van der Waals surface area contributed by atoms with Crippen LogP contribution in [0, 0.1) is 0 Å². The molecule has 6 N–H and O–H groups in total. The van der Waals surface area contributed by atoms with Crippen LogP contribution in [-0.2, 0) is 30.4 Å². The normalized spacial score (nSPS) is 21.1. The van der Waals surface area contributed by atoms with Crippen LogP contribution in [0.1, 0.15) is 44.1 Å². The number of aromatic hydroxyl groups is 1. The van der Waals surface area contributed by atoms with E-state index >= 15 is 0 Å². The number of rotatable bonds is 10. The summed E-state index contributed by atoms with van der Waals surface area (Å²) in [5, 5.41) is 29.9. The second kappa shape index (κ2) is 11.8. The van der Waals surface area contributed by atoms with Crippen molar-refractivity contribution in [2.24, 2.45) is 5.73 Å². The number of likely N-dealkylation sites (tertiary alicyclic amines) is 2. The Morgan fingerprint density at radius 1 is 0.972 bits per heavy atom. The number of carboxylic acids is 2. The van der Waals surface area contributed by atoms with E-state index in [2.05, 4.69) is 5.32 Å². The zero-order valence-electron chi connectivity index (χ0n) is 19.8. The molecule has 2 aliphatic rings. The molecule has 3 amide bonds. The Morgan fingerprint density at radius 3 is 2.19 bits per heavy atom. The number of benzene rings is 1. The predicted octanol–water partition coefficient (Wildman–Crippen LogP) is -0.322. The van der Waals surface area contributed by atoms with Crippen LogP contribution < -0.4 is 11.1 Å². The number of carbonyl (C=O) groups excluding carboxylic acids is 3. The molecule has 0 aromatic heterocycles. The summed E-state index contributed by atoms with van der Waals surface area (Å²) in [6.45, 7) is 0.654. The van der Waals surface area contributed by atoms with Gasteiger partial charge in [0.2, 0.25) is 17.7 Å². The Bertz CT molecular complexity index is 998. The number of nitrogens with two attached hydrogens (primary N) is 1. The minimum absolute atomic E-state index is 0.101. The number of aliphatic carboxylic acids is 2. The molecule has 36 heavy (non-hydrogen) atoms. The maximum absolute atomic E-state index is 13.4. The van der Waals surface area contributed by atoms with Crippen molar-refractivity contribution < 1.29 is 39.3 Å². The van der Waals surface area contributed by atoms with E-state index in [0.717, 1.165) is 5.56 Å². The van der Waals surface area contributed by atoms with Crippen molar-refractivity contribution in [1.82, 2.24) is 15.1 Å². The highest BCUT2D eigenvalue weighted by Crippen LogP contribution is 2.26. The monoisotopic (exact) mass is 504 g/mol. The van der Waals surface area contributed by atoms with Crippen LogP contribution in [-0.4, -0.2) is 92.0 Å². The Hall–Kier alpha value is -3.67. The van der Waals surface area contributed by atoms with Crippen LogP contribution in [0.2, 0.25) is 0 Å². The average molecular weight is 505 g/mol. The van der Waals surface area contributed by atoms with Crippen molar-refractivity contribution in [3.05, 3.63) is 29.8 Å². The number of hydrogen-bond acceptors (Lipinski definition) is 7. The van der Waals surface area contributed by atoms with Gasteiger partial charge in [0.15, 0.2) is 0 Å². The second-order valence-corrected chi connectivity index (χ2v) is 9.19. The highest BCUT2D eigenvalue weighted by Gasteiger charge is 2.43. The third-order valence-corrected chi connectivity index (χ3v) is 6.63. The number of phenols is 1. The largest absolute Gasteiger partial charge is 0.508 e. The van der Waals surface area contributed by atoms with Crippen LogP contribution in [0.25, 0.3) is 0 Å². The van der Waals surface area contributed by atoms with E-state index < -0.39 is 48.4 Å². The molecule has 2 saturated heterocycles. The number of amides is 3. The van der Waals surface area contributed by atoms with Gasteiger partial charge < -0.3 is 36.2 Å². The van der Waals surface area contributed by atoms with E-state index in [0.29, 0.717) is 38.8 Å². The van der Waals surface area contributed by atoms with Gasteiger partial charge >= 0.3 is 11.9 Å². The lowest BCUT2D eigenvalue weighted by Gasteiger charge is -2.32. The van der Waals surface area contributed by atoms with Crippen molar-refractivity contribution >= 4 is 29.7 Å². The lowest BCUT2D eigenvalue weighted by Crippen LogP contribution is -2.56. The molecule has 4 atom stereocenters. The molecule has 4 unspecified atom stereocenters.